The van der Waals surface area contributed by atoms with Crippen LogP contribution in [0.5, 0.6) is 5.75 Å². The highest BCUT2D eigenvalue weighted by molar-refractivity contribution is 6.04. The summed E-state index contributed by atoms with van der Waals surface area (Å²) in [5.41, 5.74) is 7.20. The summed E-state index contributed by atoms with van der Waals surface area (Å²) in [6.07, 6.45) is 6.92. The average molecular weight is 463 g/mol. The third-order valence-electron chi connectivity index (χ3n) is 5.59. The third-order valence-corrected chi connectivity index (χ3v) is 5.59. The number of benzene rings is 4. The molecule has 0 saturated carbocycles. The van der Waals surface area contributed by atoms with Crippen molar-refractivity contribution in [1.29, 1.82) is 10.5 Å². The van der Waals surface area contributed by atoms with Crippen LogP contribution in [-0.4, -0.2) is 6.61 Å². The Hall–Kier alpha value is -5.30. The van der Waals surface area contributed by atoms with Crippen LogP contribution in [0.2, 0.25) is 0 Å². The minimum absolute atomic E-state index is 0.0682. The second kappa shape index (κ2) is 11.7. The first-order chi connectivity index (χ1) is 17.7. The van der Waals surface area contributed by atoms with E-state index in [9.17, 15) is 0 Å². The summed E-state index contributed by atoms with van der Waals surface area (Å²) in [5, 5.41) is 18.2. The normalized spacial score (nSPS) is 10.7. The van der Waals surface area contributed by atoms with E-state index in [-0.39, 0.29) is 12.2 Å². The van der Waals surface area contributed by atoms with Gasteiger partial charge in [-0.05, 0) is 57.2 Å². The van der Waals surface area contributed by atoms with E-state index in [0.29, 0.717) is 5.75 Å². The van der Waals surface area contributed by atoms with Gasteiger partial charge in [-0.15, -0.1) is 6.42 Å². The van der Waals surface area contributed by atoms with Crippen LogP contribution >= 0.6 is 0 Å². The van der Waals surface area contributed by atoms with Crippen molar-refractivity contribution in [3.63, 3.8) is 0 Å². The number of allylic oxidation sites excluding steroid dienone is 1. The van der Waals surface area contributed by atoms with Gasteiger partial charge in [0.2, 0.25) is 0 Å². The predicted octanol–water partition coefficient (Wildman–Crippen LogP) is 7.14. The zero-order valence-electron chi connectivity index (χ0n) is 19.6. The molecule has 0 saturated heterocycles. The van der Waals surface area contributed by atoms with Crippen molar-refractivity contribution in [3.05, 3.63) is 143 Å². The second-order valence-electron chi connectivity index (χ2n) is 7.90. The van der Waals surface area contributed by atoms with Gasteiger partial charge < -0.3 is 4.74 Å². The van der Waals surface area contributed by atoms with Crippen molar-refractivity contribution >= 4 is 17.2 Å². The molecule has 0 spiro atoms. The van der Waals surface area contributed by atoms with Gasteiger partial charge in [0.25, 0.3) is 0 Å². The van der Waals surface area contributed by atoms with Crippen molar-refractivity contribution in [2.45, 2.75) is 0 Å². The molecule has 0 atom stereocenters. The lowest BCUT2D eigenvalue weighted by atomic mass is 9.85. The molecule has 0 radical (unpaired) electrons. The van der Waals surface area contributed by atoms with Gasteiger partial charge in [0, 0.05) is 0 Å². The number of ether oxygens (including phenoxy) is 1. The molecule has 0 bridgehead atoms. The summed E-state index contributed by atoms with van der Waals surface area (Å²) < 4.78 is 5.59. The quantitative estimate of drug-likeness (QED) is 0.167. The molecule has 0 heterocycles. The van der Waals surface area contributed by atoms with E-state index in [4.69, 9.17) is 21.7 Å². The van der Waals surface area contributed by atoms with Gasteiger partial charge in [0.15, 0.2) is 0 Å². The van der Waals surface area contributed by atoms with Gasteiger partial charge in [-0.25, -0.2) is 0 Å². The number of hydrogen-bond acceptors (Lipinski definition) is 3. The van der Waals surface area contributed by atoms with Crippen LogP contribution in [0.25, 0.3) is 17.2 Å². The van der Waals surface area contributed by atoms with Crippen LogP contribution in [0.3, 0.4) is 0 Å². The zero-order valence-corrected chi connectivity index (χ0v) is 19.6. The van der Waals surface area contributed by atoms with Gasteiger partial charge in [0.1, 0.15) is 30.1 Å². The first kappa shape index (κ1) is 23.8. The Bertz CT molecular complexity index is 1490. The molecule has 0 unspecified atom stereocenters. The monoisotopic (exact) mass is 462 g/mol. The van der Waals surface area contributed by atoms with Gasteiger partial charge >= 0.3 is 0 Å². The van der Waals surface area contributed by atoms with E-state index >= 15 is 0 Å². The van der Waals surface area contributed by atoms with Crippen LogP contribution in [-0.2, 0) is 0 Å². The third kappa shape index (κ3) is 5.60. The molecule has 0 aliphatic carbocycles. The summed E-state index contributed by atoms with van der Waals surface area (Å²) in [5.74, 6) is 3.21. The van der Waals surface area contributed by atoms with Gasteiger partial charge in [-0.3, -0.25) is 0 Å². The van der Waals surface area contributed by atoms with Crippen molar-refractivity contribution in [2.24, 2.45) is 0 Å². The van der Waals surface area contributed by atoms with Crippen molar-refractivity contribution < 1.29 is 4.74 Å². The van der Waals surface area contributed by atoms with Crippen LogP contribution < -0.4 is 4.74 Å². The fourth-order valence-corrected chi connectivity index (χ4v) is 3.97. The summed E-state index contributed by atoms with van der Waals surface area (Å²) in [4.78, 5) is 0. The maximum absolute atomic E-state index is 9.10. The fraction of sp³-hybridized carbons (Fsp3) is 0.0303. The SMILES string of the molecule is C#CCOc1ccc(/C(=C(\c2ccccc2)c2ccc(C=C(C#N)C#N)cc2)c2ccccc2)cc1. The number of rotatable bonds is 7. The van der Waals surface area contributed by atoms with E-state index in [1.165, 1.54) is 0 Å². The van der Waals surface area contributed by atoms with Crippen LogP contribution in [0.1, 0.15) is 27.8 Å². The minimum Gasteiger partial charge on any atom is -0.481 e. The van der Waals surface area contributed by atoms with E-state index < -0.39 is 0 Å². The molecule has 3 nitrogen and oxygen atoms in total. The largest absolute Gasteiger partial charge is 0.481 e. The number of nitrogens with zero attached hydrogens (tertiary/aromatic N) is 2. The summed E-state index contributed by atoms with van der Waals surface area (Å²) in [7, 11) is 0. The van der Waals surface area contributed by atoms with Crippen molar-refractivity contribution in [1.82, 2.24) is 0 Å². The fourth-order valence-electron chi connectivity index (χ4n) is 3.97. The molecule has 0 aliphatic heterocycles. The Labute approximate surface area is 211 Å². The molecule has 4 aromatic rings. The van der Waals surface area contributed by atoms with E-state index in [2.05, 4.69) is 30.2 Å². The standard InChI is InChI=1S/C33H22N2O/c1-2-21-36-31-19-17-30(18-20-31)33(28-11-7-4-8-12-28)32(27-9-5-3-6-10-27)29-15-13-25(14-16-29)22-26(23-34)24-35/h1,3-20,22H,21H2/b33-32+. The highest BCUT2D eigenvalue weighted by Gasteiger charge is 2.16. The Kier molecular flexibility index (Phi) is 7.76. The smallest absolute Gasteiger partial charge is 0.148 e. The minimum atomic E-state index is 0.0682. The Morgan fingerprint density at radius 1 is 0.639 bits per heavy atom. The lowest BCUT2D eigenvalue weighted by Crippen LogP contribution is -1.98. The summed E-state index contributed by atoms with van der Waals surface area (Å²) >= 11 is 0. The molecule has 3 heteroatoms. The molecule has 0 aliphatic rings. The van der Waals surface area contributed by atoms with Gasteiger partial charge in [0.05, 0.1) is 0 Å². The number of nitriles is 2. The van der Waals surface area contributed by atoms with Crippen LogP contribution in [0.4, 0.5) is 0 Å². The summed E-state index contributed by atoms with van der Waals surface area (Å²) in [6, 6.07) is 40.2. The van der Waals surface area contributed by atoms with Crippen LogP contribution in [0.15, 0.2) is 115 Å². The first-order valence-corrected chi connectivity index (χ1v) is 11.4. The molecule has 0 aromatic heterocycles. The predicted molar refractivity (Wildman–Crippen MR) is 144 cm³/mol. The highest BCUT2D eigenvalue weighted by atomic mass is 16.5. The lowest BCUT2D eigenvalue weighted by Gasteiger charge is -2.18. The van der Waals surface area contributed by atoms with Crippen molar-refractivity contribution in [2.75, 3.05) is 6.61 Å². The Balaban J connectivity index is 1.94. The molecule has 0 fully saturated rings. The zero-order chi connectivity index (χ0) is 25.2. The molecular formula is C33H22N2O. The topological polar surface area (TPSA) is 56.8 Å². The van der Waals surface area contributed by atoms with Crippen LogP contribution in [0, 0.1) is 35.0 Å². The average Bonchev–Trinajstić information content (AvgIpc) is 2.95. The highest BCUT2D eigenvalue weighted by Crippen LogP contribution is 2.37. The molecule has 36 heavy (non-hydrogen) atoms. The first-order valence-electron chi connectivity index (χ1n) is 11.4. The molecular weight excluding hydrogens is 440 g/mol. The van der Waals surface area contributed by atoms with E-state index in [1.807, 2.05) is 97.1 Å². The lowest BCUT2D eigenvalue weighted by molar-refractivity contribution is 0.370. The molecule has 4 aromatic carbocycles. The summed E-state index contributed by atoms with van der Waals surface area (Å²) in [6.45, 7) is 0.218. The van der Waals surface area contributed by atoms with Crippen molar-refractivity contribution in [3.8, 4) is 30.2 Å². The number of hydrogen-bond donors (Lipinski definition) is 0. The Morgan fingerprint density at radius 2 is 1.08 bits per heavy atom. The second-order valence-corrected chi connectivity index (χ2v) is 7.90. The Morgan fingerprint density at radius 3 is 1.53 bits per heavy atom. The maximum Gasteiger partial charge on any atom is 0.148 e. The van der Waals surface area contributed by atoms with Gasteiger partial charge in [-0.2, -0.15) is 10.5 Å². The number of terminal acetylenes is 1. The molecule has 4 rings (SSSR count). The molecule has 0 amide bonds. The molecule has 0 N–H and O–H groups in total. The van der Waals surface area contributed by atoms with Gasteiger partial charge in [-0.1, -0.05) is 103 Å². The van der Waals surface area contributed by atoms with E-state index in [0.717, 1.165) is 39.0 Å². The molecule has 170 valence electrons. The van der Waals surface area contributed by atoms with E-state index in [1.54, 1.807) is 6.08 Å². The maximum atomic E-state index is 9.10.